The van der Waals surface area contributed by atoms with Crippen LogP contribution < -0.4 is 5.32 Å². The van der Waals surface area contributed by atoms with E-state index in [0.29, 0.717) is 17.1 Å². The second-order valence-corrected chi connectivity index (χ2v) is 13.5. The van der Waals surface area contributed by atoms with Crippen LogP contribution in [-0.4, -0.2) is 67.2 Å². The number of thioether (sulfide) groups is 1. The lowest BCUT2D eigenvalue weighted by molar-refractivity contribution is -0.268. The van der Waals surface area contributed by atoms with Gasteiger partial charge < -0.3 is 29.4 Å². The predicted octanol–water partition coefficient (Wildman–Crippen LogP) is 5.73. The number of aryl methyl sites for hydroxylation is 1. The first-order valence-electron chi connectivity index (χ1n) is 16.3. The highest BCUT2D eigenvalue weighted by atomic mass is 32.2. The molecule has 0 unspecified atom stereocenters. The third-order valence-electron chi connectivity index (χ3n) is 9.14. The van der Waals surface area contributed by atoms with Crippen molar-refractivity contribution >= 4 is 23.6 Å². The lowest BCUT2D eigenvalue weighted by atomic mass is 9.91. The van der Waals surface area contributed by atoms with Gasteiger partial charge in [-0.1, -0.05) is 85.4 Å². The molecule has 0 radical (unpaired) electrons. The summed E-state index contributed by atoms with van der Waals surface area (Å²) in [6.45, 7) is 2.07. The number of hydrogen-bond acceptors (Lipinski definition) is 8. The van der Waals surface area contributed by atoms with Gasteiger partial charge in [0.15, 0.2) is 11.4 Å². The first kappa shape index (κ1) is 35.6. The number of likely N-dealkylation sites (tertiary alicyclic amines) is 1. The van der Waals surface area contributed by atoms with E-state index >= 15 is 0 Å². The lowest BCUT2D eigenvalue weighted by Crippen LogP contribution is -2.50. The summed E-state index contributed by atoms with van der Waals surface area (Å²) >= 11 is 1.57. The zero-order valence-electron chi connectivity index (χ0n) is 27.5. The topological polar surface area (TPSA) is 119 Å². The Morgan fingerprint density at radius 1 is 1.00 bits per heavy atom. The van der Waals surface area contributed by atoms with E-state index in [1.165, 1.54) is 0 Å². The van der Waals surface area contributed by atoms with Gasteiger partial charge in [-0.15, -0.1) is 10.2 Å². The molecule has 2 amide bonds. The minimum Gasteiger partial charge on any atom is -0.392 e. The number of nitrogens with one attached hydrogen (secondary N) is 1. The van der Waals surface area contributed by atoms with Crippen molar-refractivity contribution < 1.29 is 37.3 Å². The number of nitrogens with zero attached hydrogens (tertiary/aromatic N) is 4. The van der Waals surface area contributed by atoms with Crippen molar-refractivity contribution in [1.29, 1.82) is 0 Å². The van der Waals surface area contributed by atoms with E-state index in [4.69, 9.17) is 9.47 Å². The summed E-state index contributed by atoms with van der Waals surface area (Å²) < 4.78 is 54.0. The van der Waals surface area contributed by atoms with Crippen molar-refractivity contribution in [3.05, 3.63) is 101 Å². The van der Waals surface area contributed by atoms with Crippen molar-refractivity contribution in [2.24, 2.45) is 13.0 Å². The van der Waals surface area contributed by atoms with Crippen molar-refractivity contribution in [3.8, 4) is 11.1 Å². The molecular formula is C36H38F3N5O5S. The number of ether oxygens (including phenoxy) is 2. The molecule has 0 aliphatic carbocycles. The average molecular weight is 710 g/mol. The summed E-state index contributed by atoms with van der Waals surface area (Å²) in [6.07, 6.45) is -3.92. The molecule has 2 saturated heterocycles. The number of halogens is 3. The maximum absolute atomic E-state index is 13.0. The average Bonchev–Trinajstić information content (AvgIpc) is 3.79. The quantitative estimate of drug-likeness (QED) is 0.201. The van der Waals surface area contributed by atoms with Gasteiger partial charge in [0.1, 0.15) is 12.4 Å². The highest BCUT2D eigenvalue weighted by Crippen LogP contribution is 2.43. The standard InChI is InChI=1S/C36H38F3N5O5S/c1-22-30(20-50-35-42-41-21-43(35)2)48-33(49-31(22)26-10-8-23(19-45)9-11-26)27-14-12-25(13-15-27)28-6-3-5-24(17-28)18-40-32(46)29-7-4-16-44(29)34(47)36(37,38)39/h3,5-6,8-15,17,21-22,29-31,33,45H,4,7,16,18-20H2,1-2H3,(H,40,46)/t22-,29-,30+,31+,33+/m0/s1. The molecule has 50 heavy (non-hydrogen) atoms. The molecule has 2 aliphatic rings. The third kappa shape index (κ3) is 8.04. The third-order valence-corrected chi connectivity index (χ3v) is 10.3. The number of aliphatic hydroxyl groups is 1. The number of aromatic nitrogens is 3. The summed E-state index contributed by atoms with van der Waals surface area (Å²) in [6, 6.07) is 21.9. The molecule has 6 rings (SSSR count). The Morgan fingerprint density at radius 3 is 2.42 bits per heavy atom. The van der Waals surface area contributed by atoms with Crippen molar-refractivity contribution in [3.63, 3.8) is 0 Å². The first-order chi connectivity index (χ1) is 24.0. The van der Waals surface area contributed by atoms with Gasteiger partial charge in [-0.05, 0) is 46.7 Å². The maximum atomic E-state index is 13.0. The summed E-state index contributed by atoms with van der Waals surface area (Å²) in [5.74, 6) is -1.94. The summed E-state index contributed by atoms with van der Waals surface area (Å²) in [5.41, 5.74) is 5.21. The Balaban J connectivity index is 1.14. The molecule has 5 atom stereocenters. The molecule has 264 valence electrons. The van der Waals surface area contributed by atoms with Gasteiger partial charge in [-0.3, -0.25) is 9.59 Å². The lowest BCUT2D eigenvalue weighted by Gasteiger charge is -2.41. The molecular weight excluding hydrogens is 671 g/mol. The predicted molar refractivity (Wildman–Crippen MR) is 179 cm³/mol. The van der Waals surface area contributed by atoms with Gasteiger partial charge >= 0.3 is 12.1 Å². The fourth-order valence-electron chi connectivity index (χ4n) is 6.32. The fourth-order valence-corrected chi connectivity index (χ4v) is 7.37. The molecule has 0 spiro atoms. The highest BCUT2D eigenvalue weighted by molar-refractivity contribution is 7.99. The van der Waals surface area contributed by atoms with E-state index in [9.17, 15) is 27.9 Å². The minimum absolute atomic E-state index is 0.0105. The van der Waals surface area contributed by atoms with Crippen LogP contribution in [0.15, 0.2) is 84.3 Å². The summed E-state index contributed by atoms with van der Waals surface area (Å²) in [4.78, 5) is 25.2. The molecule has 4 aromatic rings. The van der Waals surface area contributed by atoms with Gasteiger partial charge in [0.25, 0.3) is 0 Å². The van der Waals surface area contributed by atoms with Gasteiger partial charge in [-0.2, -0.15) is 13.2 Å². The van der Waals surface area contributed by atoms with E-state index < -0.39 is 30.3 Å². The Labute approximate surface area is 292 Å². The molecule has 1 aromatic heterocycles. The molecule has 3 aromatic carbocycles. The van der Waals surface area contributed by atoms with Crippen LogP contribution in [-0.2, 0) is 39.3 Å². The van der Waals surface area contributed by atoms with E-state index in [0.717, 1.165) is 38.5 Å². The Kier molecular flexibility index (Phi) is 10.9. The van der Waals surface area contributed by atoms with Crippen LogP contribution in [0.1, 0.15) is 54.4 Å². The van der Waals surface area contributed by atoms with Crippen molar-refractivity contribution in [2.45, 2.75) is 68.8 Å². The molecule has 10 nitrogen and oxygen atoms in total. The first-order valence-corrected chi connectivity index (χ1v) is 17.3. The van der Waals surface area contributed by atoms with Crippen LogP contribution in [0.3, 0.4) is 0 Å². The summed E-state index contributed by atoms with van der Waals surface area (Å²) in [5, 5.41) is 21.2. The van der Waals surface area contributed by atoms with Crippen molar-refractivity contribution in [1.82, 2.24) is 25.0 Å². The molecule has 0 saturated carbocycles. The van der Waals surface area contributed by atoms with Crippen LogP contribution in [0.2, 0.25) is 0 Å². The molecule has 2 aliphatic heterocycles. The molecule has 3 heterocycles. The monoisotopic (exact) mass is 709 g/mol. The molecule has 14 heteroatoms. The zero-order valence-corrected chi connectivity index (χ0v) is 28.4. The zero-order chi connectivity index (χ0) is 35.4. The number of aliphatic hydroxyl groups excluding tert-OH is 1. The number of alkyl halides is 3. The molecule has 2 N–H and O–H groups in total. The number of amides is 2. The molecule has 0 bridgehead atoms. The highest BCUT2D eigenvalue weighted by Gasteiger charge is 2.47. The second kappa shape index (κ2) is 15.3. The van der Waals surface area contributed by atoms with Crippen LogP contribution in [0, 0.1) is 5.92 Å². The van der Waals surface area contributed by atoms with Gasteiger partial charge in [-0.25, -0.2) is 0 Å². The van der Waals surface area contributed by atoms with Crippen LogP contribution >= 0.6 is 11.8 Å². The van der Waals surface area contributed by atoms with Crippen molar-refractivity contribution in [2.75, 3.05) is 12.3 Å². The minimum atomic E-state index is -5.02. The normalized spacial score (nSPS) is 22.4. The fraction of sp³-hybridized carbons (Fsp3) is 0.389. The Bertz CT molecular complexity index is 1790. The van der Waals surface area contributed by atoms with Crippen LogP contribution in [0.25, 0.3) is 11.1 Å². The SMILES string of the molecule is C[C@H]1[C@@H](CSc2nncn2C)O[C@@H](c2ccc(-c3cccc(CNC(=O)[C@@H]4CCCN4C(=O)C(F)(F)F)c3)cc2)O[C@H]1c1ccc(CO)cc1. The van der Waals surface area contributed by atoms with Crippen LogP contribution in [0.5, 0.6) is 0 Å². The maximum Gasteiger partial charge on any atom is 0.471 e. The number of benzene rings is 3. The number of rotatable bonds is 10. The second-order valence-electron chi connectivity index (χ2n) is 12.6. The summed E-state index contributed by atoms with van der Waals surface area (Å²) in [7, 11) is 1.90. The number of hydrogen-bond donors (Lipinski definition) is 2. The molecule has 2 fully saturated rings. The van der Waals surface area contributed by atoms with E-state index in [1.54, 1.807) is 18.1 Å². The smallest absolute Gasteiger partial charge is 0.392 e. The Morgan fingerprint density at radius 2 is 1.74 bits per heavy atom. The number of carbonyl (C=O) groups excluding carboxylic acids is 2. The van der Waals surface area contributed by atoms with Gasteiger partial charge in [0, 0.05) is 37.4 Å². The van der Waals surface area contributed by atoms with E-state index in [2.05, 4.69) is 22.4 Å². The van der Waals surface area contributed by atoms with Gasteiger partial charge in [0.05, 0.1) is 18.8 Å². The van der Waals surface area contributed by atoms with Crippen LogP contribution in [0.4, 0.5) is 13.2 Å². The van der Waals surface area contributed by atoms with E-state index in [1.807, 2.05) is 84.4 Å². The largest absolute Gasteiger partial charge is 0.471 e. The number of carbonyl (C=O) groups is 2. The van der Waals surface area contributed by atoms with Gasteiger partial charge in [0.2, 0.25) is 5.91 Å². The van der Waals surface area contributed by atoms with E-state index in [-0.39, 0.29) is 44.2 Å². The Hall–Kier alpha value is -4.24.